The second kappa shape index (κ2) is 7.30. The number of hydrogen-bond donors (Lipinski definition) is 1. The molecule has 3 rings (SSSR count). The number of nitrogens with one attached hydrogen (secondary N) is 1. The van der Waals surface area contributed by atoms with Crippen molar-refractivity contribution in [3.8, 4) is 11.5 Å². The number of benzene rings is 2. The molecule has 2 aromatic carbocycles. The molecular formula is C20H22N2O3. The summed E-state index contributed by atoms with van der Waals surface area (Å²) < 4.78 is 12.5. The molecule has 0 aliphatic heterocycles. The first-order valence-corrected chi connectivity index (χ1v) is 8.15. The zero-order valence-electron chi connectivity index (χ0n) is 14.7. The highest BCUT2D eigenvalue weighted by molar-refractivity contribution is 5.84. The van der Waals surface area contributed by atoms with Crippen LogP contribution >= 0.6 is 0 Å². The number of para-hydroxylation sites is 1. The van der Waals surface area contributed by atoms with Crippen LogP contribution in [0.2, 0.25) is 0 Å². The molecule has 0 saturated carbocycles. The van der Waals surface area contributed by atoms with Crippen molar-refractivity contribution in [3.05, 3.63) is 59.8 Å². The average molecular weight is 338 g/mol. The molecule has 5 heteroatoms. The van der Waals surface area contributed by atoms with E-state index in [2.05, 4.69) is 17.4 Å². The molecule has 0 atom stereocenters. The lowest BCUT2D eigenvalue weighted by Crippen LogP contribution is -2.27. The number of carbonyl (C=O) groups excluding carboxylic acids is 1. The second-order valence-electron chi connectivity index (χ2n) is 5.90. The molecule has 0 radical (unpaired) electrons. The molecule has 0 aliphatic rings. The van der Waals surface area contributed by atoms with Gasteiger partial charge in [-0.3, -0.25) is 4.79 Å². The van der Waals surface area contributed by atoms with Gasteiger partial charge in [0.15, 0.2) is 11.5 Å². The number of hydrogen-bond acceptors (Lipinski definition) is 3. The van der Waals surface area contributed by atoms with E-state index >= 15 is 0 Å². The Balaban J connectivity index is 1.68. The molecule has 25 heavy (non-hydrogen) atoms. The van der Waals surface area contributed by atoms with E-state index < -0.39 is 0 Å². The third kappa shape index (κ3) is 3.60. The quantitative estimate of drug-likeness (QED) is 0.750. The molecule has 0 bridgehead atoms. The third-order valence-corrected chi connectivity index (χ3v) is 4.26. The molecule has 1 N–H and O–H groups in total. The van der Waals surface area contributed by atoms with Crippen molar-refractivity contribution in [1.82, 2.24) is 9.88 Å². The predicted octanol–water partition coefficient (Wildman–Crippen LogP) is 3.28. The SMILES string of the molecule is COc1ccc(CNC(=O)Cn2c(C)cc3ccccc32)cc1OC. The minimum absolute atomic E-state index is 0.0285. The molecule has 5 nitrogen and oxygen atoms in total. The number of methoxy groups -OCH3 is 2. The highest BCUT2D eigenvalue weighted by Gasteiger charge is 2.10. The van der Waals surface area contributed by atoms with Crippen molar-refractivity contribution < 1.29 is 14.3 Å². The fourth-order valence-electron chi connectivity index (χ4n) is 2.95. The summed E-state index contributed by atoms with van der Waals surface area (Å²) in [6, 6.07) is 15.8. The lowest BCUT2D eigenvalue weighted by atomic mass is 10.2. The lowest BCUT2D eigenvalue weighted by Gasteiger charge is -2.11. The molecule has 0 aliphatic carbocycles. The normalized spacial score (nSPS) is 10.7. The first-order valence-electron chi connectivity index (χ1n) is 8.15. The lowest BCUT2D eigenvalue weighted by molar-refractivity contribution is -0.121. The Morgan fingerprint density at radius 2 is 1.80 bits per heavy atom. The summed E-state index contributed by atoms with van der Waals surface area (Å²) in [5.74, 6) is 1.30. The van der Waals surface area contributed by atoms with Crippen LogP contribution in [0.1, 0.15) is 11.3 Å². The number of aryl methyl sites for hydroxylation is 1. The zero-order valence-corrected chi connectivity index (χ0v) is 14.7. The van der Waals surface area contributed by atoms with Crippen molar-refractivity contribution in [2.45, 2.75) is 20.0 Å². The van der Waals surface area contributed by atoms with Gasteiger partial charge in [-0.1, -0.05) is 24.3 Å². The maximum Gasteiger partial charge on any atom is 0.240 e. The third-order valence-electron chi connectivity index (χ3n) is 4.26. The molecule has 1 amide bonds. The van der Waals surface area contributed by atoms with Crippen molar-refractivity contribution >= 4 is 16.8 Å². The number of aromatic nitrogens is 1. The van der Waals surface area contributed by atoms with Crippen molar-refractivity contribution in [3.63, 3.8) is 0 Å². The van der Waals surface area contributed by atoms with Crippen LogP contribution < -0.4 is 14.8 Å². The monoisotopic (exact) mass is 338 g/mol. The maximum atomic E-state index is 12.4. The Morgan fingerprint density at radius 1 is 1.04 bits per heavy atom. The van der Waals surface area contributed by atoms with Crippen molar-refractivity contribution in [1.29, 1.82) is 0 Å². The maximum absolute atomic E-state index is 12.4. The number of nitrogens with zero attached hydrogens (tertiary/aromatic N) is 1. The number of rotatable bonds is 6. The van der Waals surface area contributed by atoms with Gasteiger partial charge in [0.2, 0.25) is 5.91 Å². The minimum Gasteiger partial charge on any atom is -0.493 e. The van der Waals surface area contributed by atoms with E-state index in [1.165, 1.54) is 0 Å². The topological polar surface area (TPSA) is 52.5 Å². The number of carbonyl (C=O) groups is 1. The Kier molecular flexibility index (Phi) is 4.93. The number of ether oxygens (including phenoxy) is 2. The van der Waals surface area contributed by atoms with Crippen LogP contribution in [0, 0.1) is 6.92 Å². The van der Waals surface area contributed by atoms with Gasteiger partial charge in [-0.15, -0.1) is 0 Å². The predicted molar refractivity (Wildman–Crippen MR) is 98.1 cm³/mol. The van der Waals surface area contributed by atoms with Crippen LogP contribution in [0.25, 0.3) is 10.9 Å². The number of amides is 1. The Labute approximate surface area is 147 Å². The van der Waals surface area contributed by atoms with Gasteiger partial charge in [-0.05, 0) is 42.1 Å². The van der Waals surface area contributed by atoms with E-state index in [1.54, 1.807) is 14.2 Å². The Hall–Kier alpha value is -2.95. The van der Waals surface area contributed by atoms with Gasteiger partial charge in [0.25, 0.3) is 0 Å². The van der Waals surface area contributed by atoms with Gasteiger partial charge in [0.1, 0.15) is 6.54 Å². The van der Waals surface area contributed by atoms with Crippen LogP contribution in [0.4, 0.5) is 0 Å². The standard InChI is InChI=1S/C20H22N2O3/c1-14-10-16-6-4-5-7-17(16)22(14)13-20(23)21-12-15-8-9-18(24-2)19(11-15)25-3/h4-11H,12-13H2,1-3H3,(H,21,23). The van der Waals surface area contributed by atoms with E-state index in [1.807, 2.05) is 47.9 Å². The molecule has 0 unspecified atom stereocenters. The van der Waals surface area contributed by atoms with Crippen LogP contribution in [0.5, 0.6) is 11.5 Å². The summed E-state index contributed by atoms with van der Waals surface area (Å²) in [4.78, 5) is 12.4. The largest absolute Gasteiger partial charge is 0.493 e. The van der Waals surface area contributed by atoms with Crippen LogP contribution in [-0.2, 0) is 17.9 Å². The molecule has 0 fully saturated rings. The van der Waals surface area contributed by atoms with E-state index in [4.69, 9.17) is 9.47 Å². The van der Waals surface area contributed by atoms with Crippen molar-refractivity contribution in [2.75, 3.05) is 14.2 Å². The Bertz CT molecular complexity index is 899. The summed E-state index contributed by atoms with van der Waals surface area (Å²) in [6.07, 6.45) is 0. The summed E-state index contributed by atoms with van der Waals surface area (Å²) in [7, 11) is 3.20. The summed E-state index contributed by atoms with van der Waals surface area (Å²) >= 11 is 0. The van der Waals surface area contributed by atoms with Gasteiger partial charge in [-0.2, -0.15) is 0 Å². The molecular weight excluding hydrogens is 316 g/mol. The van der Waals surface area contributed by atoms with E-state index in [0.717, 1.165) is 22.2 Å². The van der Waals surface area contributed by atoms with E-state index in [0.29, 0.717) is 24.6 Å². The van der Waals surface area contributed by atoms with Gasteiger partial charge in [-0.25, -0.2) is 0 Å². The molecule has 1 aromatic heterocycles. The molecule has 0 spiro atoms. The second-order valence-corrected chi connectivity index (χ2v) is 5.90. The number of fused-ring (bicyclic) bond motifs is 1. The van der Waals surface area contributed by atoms with E-state index in [9.17, 15) is 4.79 Å². The molecule has 1 heterocycles. The minimum atomic E-state index is -0.0285. The summed E-state index contributed by atoms with van der Waals surface area (Å²) in [5, 5.41) is 4.11. The highest BCUT2D eigenvalue weighted by atomic mass is 16.5. The van der Waals surface area contributed by atoms with Crippen LogP contribution in [0.3, 0.4) is 0 Å². The molecule has 0 saturated heterocycles. The fraction of sp³-hybridized carbons (Fsp3) is 0.250. The van der Waals surface area contributed by atoms with Crippen LogP contribution in [0.15, 0.2) is 48.5 Å². The van der Waals surface area contributed by atoms with Gasteiger partial charge in [0.05, 0.1) is 14.2 Å². The average Bonchev–Trinajstić information content (AvgIpc) is 2.95. The van der Waals surface area contributed by atoms with Crippen LogP contribution in [-0.4, -0.2) is 24.7 Å². The Morgan fingerprint density at radius 3 is 2.56 bits per heavy atom. The first kappa shape index (κ1) is 16.9. The molecule has 130 valence electrons. The van der Waals surface area contributed by atoms with Gasteiger partial charge < -0.3 is 19.4 Å². The zero-order chi connectivity index (χ0) is 17.8. The summed E-state index contributed by atoms with van der Waals surface area (Å²) in [6.45, 7) is 2.76. The summed E-state index contributed by atoms with van der Waals surface area (Å²) in [5.41, 5.74) is 3.10. The smallest absolute Gasteiger partial charge is 0.240 e. The van der Waals surface area contributed by atoms with Crippen molar-refractivity contribution in [2.24, 2.45) is 0 Å². The van der Waals surface area contributed by atoms with Gasteiger partial charge in [0, 0.05) is 17.8 Å². The molecule has 3 aromatic rings. The first-order chi connectivity index (χ1) is 12.1. The van der Waals surface area contributed by atoms with E-state index in [-0.39, 0.29) is 5.91 Å². The fourth-order valence-corrected chi connectivity index (χ4v) is 2.95. The highest BCUT2D eigenvalue weighted by Crippen LogP contribution is 2.27. The van der Waals surface area contributed by atoms with Gasteiger partial charge >= 0.3 is 0 Å².